The lowest BCUT2D eigenvalue weighted by atomic mass is 9.56. The fraction of sp³-hybridized carbons (Fsp3) is 0.852. The zero-order valence-corrected chi connectivity index (χ0v) is 19.9. The molecule has 0 amide bonds. The quantitative estimate of drug-likeness (QED) is 0.274. The third kappa shape index (κ3) is 5.02. The second kappa shape index (κ2) is 10.0. The van der Waals surface area contributed by atoms with Gasteiger partial charge in [-0.3, -0.25) is 9.59 Å². The normalized spacial score (nSPS) is 38.7. The van der Waals surface area contributed by atoms with Gasteiger partial charge in [-0.05, 0) is 94.3 Å². The molecular formula is C27H44O3. The van der Waals surface area contributed by atoms with E-state index in [9.17, 15) is 9.59 Å². The van der Waals surface area contributed by atoms with Gasteiger partial charge in [0.2, 0.25) is 0 Å². The second-order valence-electron chi connectivity index (χ2n) is 10.9. The van der Waals surface area contributed by atoms with Gasteiger partial charge in [-0.15, -0.1) is 0 Å². The van der Waals surface area contributed by atoms with Gasteiger partial charge in [0.1, 0.15) is 5.78 Å². The highest BCUT2D eigenvalue weighted by Gasteiger charge is 2.48. The first-order valence-corrected chi connectivity index (χ1v) is 12.7. The van der Waals surface area contributed by atoms with Crippen LogP contribution in [0.2, 0.25) is 0 Å². The number of carbonyl (C=O) groups is 2. The minimum Gasteiger partial charge on any atom is -0.466 e. The molecule has 0 radical (unpaired) electrons. The molecule has 5 unspecified atom stereocenters. The third-order valence-corrected chi connectivity index (χ3v) is 9.33. The number of allylic oxidation sites excluding steroid dienone is 2. The number of hydrogen-bond donors (Lipinski definition) is 0. The molecule has 0 N–H and O–H groups in total. The van der Waals surface area contributed by atoms with Gasteiger partial charge in [0.25, 0.3) is 0 Å². The van der Waals surface area contributed by atoms with Crippen LogP contribution < -0.4 is 0 Å². The van der Waals surface area contributed by atoms with Crippen molar-refractivity contribution in [3.8, 4) is 0 Å². The van der Waals surface area contributed by atoms with Crippen LogP contribution in [0.15, 0.2) is 11.6 Å². The van der Waals surface area contributed by atoms with Gasteiger partial charge in [0.05, 0.1) is 6.61 Å². The van der Waals surface area contributed by atoms with Crippen LogP contribution in [0.25, 0.3) is 0 Å². The van der Waals surface area contributed by atoms with Gasteiger partial charge in [0.15, 0.2) is 0 Å². The molecular weight excluding hydrogens is 372 g/mol. The number of unbranched alkanes of at least 4 members (excludes halogenated alkanes) is 1. The molecule has 0 aromatic carbocycles. The van der Waals surface area contributed by atoms with Crippen LogP contribution in [-0.4, -0.2) is 18.4 Å². The Labute approximate surface area is 184 Å². The Balaban J connectivity index is 1.62. The van der Waals surface area contributed by atoms with E-state index in [2.05, 4.69) is 26.8 Å². The molecule has 3 nitrogen and oxygen atoms in total. The number of Topliss-reactive ketones (excluding diaryl/α,β-unsaturated/α-hetero) is 1. The van der Waals surface area contributed by atoms with Crippen molar-refractivity contribution in [2.75, 3.05) is 6.61 Å². The van der Waals surface area contributed by atoms with E-state index < -0.39 is 0 Å². The van der Waals surface area contributed by atoms with Crippen molar-refractivity contribution in [2.45, 2.75) is 111 Å². The predicted molar refractivity (Wildman–Crippen MR) is 122 cm³/mol. The van der Waals surface area contributed by atoms with Gasteiger partial charge in [0, 0.05) is 18.3 Å². The maximum Gasteiger partial charge on any atom is 0.305 e. The molecule has 3 saturated carbocycles. The summed E-state index contributed by atoms with van der Waals surface area (Å²) in [4.78, 5) is 24.2. The molecule has 0 aliphatic heterocycles. The fourth-order valence-electron chi connectivity index (χ4n) is 6.74. The van der Waals surface area contributed by atoms with Gasteiger partial charge < -0.3 is 4.74 Å². The van der Waals surface area contributed by atoms with E-state index in [1.54, 1.807) is 5.57 Å². The molecule has 3 heteroatoms. The van der Waals surface area contributed by atoms with E-state index in [0.717, 1.165) is 38.0 Å². The van der Waals surface area contributed by atoms with Gasteiger partial charge in [-0.1, -0.05) is 38.8 Å². The topological polar surface area (TPSA) is 43.4 Å². The number of rotatable bonds is 5. The van der Waals surface area contributed by atoms with E-state index in [1.807, 2.05) is 6.92 Å². The van der Waals surface area contributed by atoms with Crippen LogP contribution in [0.5, 0.6) is 0 Å². The van der Waals surface area contributed by atoms with Crippen molar-refractivity contribution in [1.82, 2.24) is 0 Å². The lowest BCUT2D eigenvalue weighted by Gasteiger charge is -2.49. The molecule has 3 rings (SSSR count). The number of esters is 1. The molecule has 5 atom stereocenters. The highest BCUT2D eigenvalue weighted by Crippen LogP contribution is 2.55. The molecule has 0 spiro atoms. The maximum atomic E-state index is 12.7. The number of carbonyl (C=O) groups excluding carboxylic acids is 2. The van der Waals surface area contributed by atoms with Crippen LogP contribution in [0.4, 0.5) is 0 Å². The molecule has 0 heterocycles. The Kier molecular flexibility index (Phi) is 7.85. The Bertz CT molecular complexity index is 650. The summed E-state index contributed by atoms with van der Waals surface area (Å²) in [6, 6.07) is 0. The molecule has 0 aromatic heterocycles. The van der Waals surface area contributed by atoms with E-state index in [4.69, 9.17) is 4.74 Å². The zero-order valence-electron chi connectivity index (χ0n) is 19.9. The fourth-order valence-corrected chi connectivity index (χ4v) is 6.74. The SMILES string of the molecule is CCOC(=O)CCC/C=C1\CCC2(C)C(C)CCC3(C)C(=O)CCC3CCCC2C1. The van der Waals surface area contributed by atoms with Gasteiger partial charge >= 0.3 is 5.97 Å². The summed E-state index contributed by atoms with van der Waals surface area (Å²) in [5, 5.41) is 0. The minimum atomic E-state index is -0.0642. The van der Waals surface area contributed by atoms with Crippen LogP contribution in [0.3, 0.4) is 0 Å². The summed E-state index contributed by atoms with van der Waals surface area (Å²) < 4.78 is 5.04. The molecule has 3 aliphatic rings. The average molecular weight is 417 g/mol. The van der Waals surface area contributed by atoms with E-state index in [0.29, 0.717) is 36.1 Å². The predicted octanol–water partition coefficient (Wildman–Crippen LogP) is 7.04. The first-order valence-electron chi connectivity index (χ1n) is 12.7. The standard InChI is InChI=1S/C27H44O3/c1-5-30-25(29)12-7-6-9-21-16-18-26(3)20(2)15-17-27(4)22(13-14-24(27)28)10-8-11-23(26)19-21/h9,20,22-23H,5-8,10-19H2,1-4H3/b21-9+. The van der Waals surface area contributed by atoms with Gasteiger partial charge in [-0.2, -0.15) is 0 Å². The zero-order chi connectivity index (χ0) is 21.8. The van der Waals surface area contributed by atoms with Crippen molar-refractivity contribution in [3.05, 3.63) is 11.6 Å². The molecule has 170 valence electrons. The monoisotopic (exact) mass is 416 g/mol. The second-order valence-corrected chi connectivity index (χ2v) is 10.9. The summed E-state index contributed by atoms with van der Waals surface area (Å²) >= 11 is 0. The number of ketones is 1. The molecule has 0 aromatic rings. The maximum absolute atomic E-state index is 12.7. The number of hydrogen-bond acceptors (Lipinski definition) is 3. The first kappa shape index (κ1) is 23.5. The number of ether oxygens (including phenoxy) is 1. The third-order valence-electron chi connectivity index (χ3n) is 9.33. The summed E-state index contributed by atoms with van der Waals surface area (Å²) in [5.74, 6) is 2.53. The van der Waals surface area contributed by atoms with Crippen molar-refractivity contribution < 1.29 is 14.3 Å². The summed E-state index contributed by atoms with van der Waals surface area (Å²) in [6.07, 6.45) is 16.6. The van der Waals surface area contributed by atoms with Crippen molar-refractivity contribution >= 4 is 11.8 Å². The Morgan fingerprint density at radius 2 is 1.87 bits per heavy atom. The van der Waals surface area contributed by atoms with Crippen molar-refractivity contribution in [1.29, 1.82) is 0 Å². The van der Waals surface area contributed by atoms with Gasteiger partial charge in [-0.25, -0.2) is 0 Å². The number of fused-ring (bicyclic) bond motifs is 2. The van der Waals surface area contributed by atoms with E-state index in [-0.39, 0.29) is 11.4 Å². The van der Waals surface area contributed by atoms with Crippen molar-refractivity contribution in [2.24, 2.45) is 28.6 Å². The minimum absolute atomic E-state index is 0.0455. The van der Waals surface area contributed by atoms with Crippen LogP contribution in [0.1, 0.15) is 111 Å². The first-order chi connectivity index (χ1) is 14.3. The lowest BCUT2D eigenvalue weighted by molar-refractivity contribution is -0.143. The van der Waals surface area contributed by atoms with Crippen molar-refractivity contribution in [3.63, 3.8) is 0 Å². The summed E-state index contributed by atoms with van der Waals surface area (Å²) in [5.41, 5.74) is 1.97. The smallest absolute Gasteiger partial charge is 0.305 e. The highest BCUT2D eigenvalue weighted by molar-refractivity contribution is 5.86. The van der Waals surface area contributed by atoms with E-state index >= 15 is 0 Å². The molecule has 0 bridgehead atoms. The Morgan fingerprint density at radius 3 is 2.63 bits per heavy atom. The van der Waals surface area contributed by atoms with Crippen LogP contribution >= 0.6 is 0 Å². The largest absolute Gasteiger partial charge is 0.466 e. The van der Waals surface area contributed by atoms with Crippen LogP contribution in [0, 0.1) is 28.6 Å². The average Bonchev–Trinajstić information content (AvgIpc) is 3.00. The molecule has 3 aliphatic carbocycles. The summed E-state index contributed by atoms with van der Waals surface area (Å²) in [7, 11) is 0. The molecule has 3 fully saturated rings. The highest BCUT2D eigenvalue weighted by atomic mass is 16.5. The van der Waals surface area contributed by atoms with E-state index in [1.165, 1.54) is 44.9 Å². The molecule has 30 heavy (non-hydrogen) atoms. The Hall–Kier alpha value is -1.12. The summed E-state index contributed by atoms with van der Waals surface area (Å²) in [6.45, 7) is 9.62. The lowest BCUT2D eigenvalue weighted by Crippen LogP contribution is -2.40. The Morgan fingerprint density at radius 1 is 1.10 bits per heavy atom. The molecule has 0 saturated heterocycles. The van der Waals surface area contributed by atoms with Crippen LogP contribution in [-0.2, 0) is 14.3 Å².